The fourth-order valence-corrected chi connectivity index (χ4v) is 5.22. The summed E-state index contributed by atoms with van der Waals surface area (Å²) < 4.78 is 32.8. The molecule has 9 heteroatoms. The molecule has 0 spiro atoms. The molecule has 1 fully saturated rings. The molecule has 162 valence electrons. The highest BCUT2D eigenvalue weighted by Gasteiger charge is 2.29. The number of aromatic nitrogens is 2. The number of piperazine rings is 1. The highest BCUT2D eigenvalue weighted by Crippen LogP contribution is 2.26. The third kappa shape index (κ3) is 4.51. The summed E-state index contributed by atoms with van der Waals surface area (Å²) in [6.45, 7) is 3.69. The predicted octanol–water partition coefficient (Wildman–Crippen LogP) is 3.62. The van der Waals surface area contributed by atoms with E-state index >= 15 is 0 Å². The quantitative estimate of drug-likeness (QED) is 0.581. The monoisotopic (exact) mass is 458 g/mol. The van der Waals surface area contributed by atoms with E-state index in [9.17, 15) is 8.42 Å². The Morgan fingerprint density at radius 2 is 1.65 bits per heavy atom. The van der Waals surface area contributed by atoms with Gasteiger partial charge in [0.2, 0.25) is 10.0 Å². The lowest BCUT2D eigenvalue weighted by molar-refractivity contribution is 0.383. The lowest BCUT2D eigenvalue weighted by Crippen LogP contribution is -2.49. The summed E-state index contributed by atoms with van der Waals surface area (Å²) in [6, 6.07) is 16.2. The van der Waals surface area contributed by atoms with Crippen molar-refractivity contribution in [3.63, 3.8) is 0 Å². The van der Waals surface area contributed by atoms with Crippen LogP contribution in [0.5, 0.6) is 5.75 Å². The second-order valence-electron chi connectivity index (χ2n) is 7.31. The molecule has 4 rings (SSSR count). The Bertz CT molecular complexity index is 1160. The number of anilines is 1. The van der Waals surface area contributed by atoms with Gasteiger partial charge in [-0.05, 0) is 55.0 Å². The van der Waals surface area contributed by atoms with Crippen molar-refractivity contribution in [1.82, 2.24) is 14.5 Å². The maximum atomic E-state index is 13.0. The number of benzene rings is 2. The van der Waals surface area contributed by atoms with Crippen LogP contribution in [0.1, 0.15) is 5.56 Å². The Balaban J connectivity index is 1.43. The van der Waals surface area contributed by atoms with E-state index in [0.717, 1.165) is 22.6 Å². The Morgan fingerprint density at radius 3 is 2.23 bits per heavy atom. The van der Waals surface area contributed by atoms with Crippen LogP contribution in [0.15, 0.2) is 59.5 Å². The van der Waals surface area contributed by atoms with E-state index in [4.69, 9.17) is 16.3 Å². The van der Waals surface area contributed by atoms with Gasteiger partial charge in [-0.25, -0.2) is 8.42 Å². The molecule has 0 saturated carbocycles. The fourth-order valence-electron chi connectivity index (χ4n) is 3.59. The molecule has 31 heavy (non-hydrogen) atoms. The second kappa shape index (κ2) is 8.82. The van der Waals surface area contributed by atoms with Crippen LogP contribution in [-0.2, 0) is 10.0 Å². The van der Waals surface area contributed by atoms with E-state index in [1.54, 1.807) is 25.3 Å². The molecule has 0 unspecified atom stereocenters. The zero-order valence-corrected chi connectivity index (χ0v) is 18.9. The molecule has 0 radical (unpaired) electrons. The van der Waals surface area contributed by atoms with Gasteiger partial charge < -0.3 is 9.64 Å². The molecular weight excluding hydrogens is 436 g/mol. The lowest BCUT2D eigenvalue weighted by atomic mass is 10.1. The first-order valence-electron chi connectivity index (χ1n) is 9.88. The molecule has 0 aliphatic carbocycles. The van der Waals surface area contributed by atoms with E-state index < -0.39 is 10.0 Å². The fraction of sp³-hybridized carbons (Fsp3) is 0.273. The van der Waals surface area contributed by atoms with Gasteiger partial charge >= 0.3 is 0 Å². The van der Waals surface area contributed by atoms with Crippen LogP contribution in [-0.4, -0.2) is 56.2 Å². The summed E-state index contributed by atoms with van der Waals surface area (Å²) in [5.41, 5.74) is 2.49. The van der Waals surface area contributed by atoms with E-state index in [1.807, 2.05) is 48.2 Å². The maximum absolute atomic E-state index is 13.0. The summed E-state index contributed by atoms with van der Waals surface area (Å²) >= 11 is 5.94. The van der Waals surface area contributed by atoms with Crippen LogP contribution in [0.4, 0.5) is 5.82 Å². The van der Waals surface area contributed by atoms with Gasteiger partial charge in [0.05, 0.1) is 17.7 Å². The number of ether oxygens (including phenoxy) is 1. The first-order chi connectivity index (χ1) is 14.9. The molecule has 1 aromatic heterocycles. The molecule has 2 aromatic carbocycles. The summed E-state index contributed by atoms with van der Waals surface area (Å²) in [4.78, 5) is 2.33. The second-order valence-corrected chi connectivity index (χ2v) is 9.68. The zero-order valence-electron chi connectivity index (χ0n) is 17.3. The number of rotatable bonds is 5. The molecule has 1 saturated heterocycles. The number of halogens is 1. The molecule has 0 bridgehead atoms. The minimum atomic E-state index is -3.56. The van der Waals surface area contributed by atoms with E-state index in [2.05, 4.69) is 10.2 Å². The molecule has 2 heterocycles. The average Bonchev–Trinajstić information content (AvgIpc) is 2.80. The van der Waals surface area contributed by atoms with Gasteiger partial charge in [0, 0.05) is 36.8 Å². The summed E-state index contributed by atoms with van der Waals surface area (Å²) in [6.07, 6.45) is 0. The molecule has 7 nitrogen and oxygen atoms in total. The third-order valence-electron chi connectivity index (χ3n) is 5.36. The van der Waals surface area contributed by atoms with Crippen molar-refractivity contribution < 1.29 is 13.2 Å². The van der Waals surface area contributed by atoms with Crippen LogP contribution in [0.3, 0.4) is 0 Å². The zero-order chi connectivity index (χ0) is 22.0. The number of sulfonamides is 1. The van der Waals surface area contributed by atoms with Crippen LogP contribution in [0.2, 0.25) is 5.02 Å². The predicted molar refractivity (Wildman–Crippen MR) is 121 cm³/mol. The Labute approximate surface area is 187 Å². The topological polar surface area (TPSA) is 75.6 Å². The van der Waals surface area contributed by atoms with E-state index in [-0.39, 0.29) is 4.90 Å². The molecular formula is C22H23ClN4O3S. The van der Waals surface area contributed by atoms with Gasteiger partial charge in [-0.1, -0.05) is 23.7 Å². The summed E-state index contributed by atoms with van der Waals surface area (Å²) in [5.74, 6) is 1.40. The minimum absolute atomic E-state index is 0.284. The van der Waals surface area contributed by atoms with Crippen molar-refractivity contribution in [3.8, 4) is 17.0 Å². The van der Waals surface area contributed by atoms with Gasteiger partial charge in [-0.15, -0.1) is 10.2 Å². The van der Waals surface area contributed by atoms with Crippen LogP contribution in [0, 0.1) is 6.92 Å². The Kier molecular flexibility index (Phi) is 6.13. The van der Waals surface area contributed by atoms with Gasteiger partial charge in [-0.3, -0.25) is 0 Å². The van der Waals surface area contributed by atoms with Gasteiger partial charge in [-0.2, -0.15) is 4.31 Å². The van der Waals surface area contributed by atoms with Crippen LogP contribution < -0.4 is 9.64 Å². The molecule has 1 aliphatic rings. The van der Waals surface area contributed by atoms with Crippen molar-refractivity contribution in [2.24, 2.45) is 0 Å². The first-order valence-corrected chi connectivity index (χ1v) is 11.7. The van der Waals surface area contributed by atoms with Gasteiger partial charge in [0.25, 0.3) is 0 Å². The number of hydrogen-bond donors (Lipinski definition) is 0. The molecule has 0 N–H and O–H groups in total. The standard InChI is InChI=1S/C22H23ClN4O3S/c1-16-15-19(7-9-21(16)30-2)31(28,29)27-13-11-26(12-14-27)22-10-8-20(24-25-22)17-3-5-18(23)6-4-17/h3-10,15H,11-14H2,1-2H3. The highest BCUT2D eigenvalue weighted by atomic mass is 35.5. The number of methoxy groups -OCH3 is 1. The third-order valence-corrected chi connectivity index (χ3v) is 7.50. The van der Waals surface area contributed by atoms with Crippen LogP contribution >= 0.6 is 11.6 Å². The highest BCUT2D eigenvalue weighted by molar-refractivity contribution is 7.89. The Morgan fingerprint density at radius 1 is 0.935 bits per heavy atom. The molecule has 0 amide bonds. The molecule has 0 atom stereocenters. The smallest absolute Gasteiger partial charge is 0.243 e. The first kappa shape index (κ1) is 21.5. The number of nitrogens with zero attached hydrogens (tertiary/aromatic N) is 4. The largest absolute Gasteiger partial charge is 0.496 e. The van der Waals surface area contributed by atoms with Crippen LogP contribution in [0.25, 0.3) is 11.3 Å². The molecule has 1 aliphatic heterocycles. The van der Waals surface area contributed by atoms with Crippen molar-refractivity contribution >= 4 is 27.4 Å². The maximum Gasteiger partial charge on any atom is 0.243 e. The van der Waals surface area contributed by atoms with Crippen molar-refractivity contribution in [3.05, 3.63) is 65.2 Å². The number of hydrogen-bond acceptors (Lipinski definition) is 6. The van der Waals surface area contributed by atoms with E-state index in [0.29, 0.717) is 37.0 Å². The summed E-state index contributed by atoms with van der Waals surface area (Å²) in [7, 11) is -1.99. The van der Waals surface area contributed by atoms with Gasteiger partial charge in [0.15, 0.2) is 5.82 Å². The Hall–Kier alpha value is -2.68. The van der Waals surface area contributed by atoms with E-state index in [1.165, 1.54) is 4.31 Å². The van der Waals surface area contributed by atoms with Gasteiger partial charge in [0.1, 0.15) is 5.75 Å². The number of aryl methyl sites for hydroxylation is 1. The summed E-state index contributed by atoms with van der Waals surface area (Å²) in [5, 5.41) is 9.33. The normalized spacial score (nSPS) is 15.1. The average molecular weight is 459 g/mol. The SMILES string of the molecule is COc1ccc(S(=O)(=O)N2CCN(c3ccc(-c4ccc(Cl)cc4)nn3)CC2)cc1C. The van der Waals surface area contributed by atoms with Crippen molar-refractivity contribution in [2.75, 3.05) is 38.2 Å². The molecule has 3 aromatic rings. The lowest BCUT2D eigenvalue weighted by Gasteiger charge is -2.34. The van der Waals surface area contributed by atoms with Crippen molar-refractivity contribution in [1.29, 1.82) is 0 Å². The van der Waals surface area contributed by atoms with Crippen molar-refractivity contribution in [2.45, 2.75) is 11.8 Å². The minimum Gasteiger partial charge on any atom is -0.496 e.